The van der Waals surface area contributed by atoms with Gasteiger partial charge in [-0.15, -0.1) is 0 Å². The van der Waals surface area contributed by atoms with Crippen molar-refractivity contribution in [3.05, 3.63) is 58.1 Å². The van der Waals surface area contributed by atoms with Crippen LogP contribution in [0.3, 0.4) is 0 Å². The van der Waals surface area contributed by atoms with Gasteiger partial charge in [0.25, 0.3) is 5.60 Å². The van der Waals surface area contributed by atoms with Crippen molar-refractivity contribution in [3.63, 3.8) is 0 Å². The Labute approximate surface area is 121 Å². The van der Waals surface area contributed by atoms with Crippen molar-refractivity contribution >= 4 is 16.7 Å². The van der Waals surface area contributed by atoms with E-state index >= 15 is 0 Å². The molecule has 110 valence electrons. The average molecular weight is 289 g/mol. The molecule has 6 heteroatoms. The van der Waals surface area contributed by atoms with Crippen LogP contribution in [0.2, 0.25) is 0 Å². The zero-order valence-corrected chi connectivity index (χ0v) is 11.5. The lowest BCUT2D eigenvalue weighted by Crippen LogP contribution is -2.43. The summed E-state index contributed by atoms with van der Waals surface area (Å²) >= 11 is 0. The molecular weight excluding hydrogens is 274 g/mol. The van der Waals surface area contributed by atoms with Gasteiger partial charge in [0.05, 0.1) is 6.61 Å². The Morgan fingerprint density at radius 2 is 1.95 bits per heavy atom. The van der Waals surface area contributed by atoms with Gasteiger partial charge in [0.2, 0.25) is 6.54 Å². The van der Waals surface area contributed by atoms with Gasteiger partial charge in [0, 0.05) is 10.5 Å². The predicted octanol–water partition coefficient (Wildman–Crippen LogP) is 1.87. The van der Waals surface area contributed by atoms with Crippen LogP contribution in [-0.2, 0) is 15.1 Å². The summed E-state index contributed by atoms with van der Waals surface area (Å²) in [6.45, 7) is 0.668. The van der Waals surface area contributed by atoms with Crippen molar-refractivity contribution in [3.8, 4) is 0 Å². The lowest BCUT2D eigenvalue weighted by atomic mass is 9.92. The summed E-state index contributed by atoms with van der Waals surface area (Å²) < 4.78 is 4.78. The van der Waals surface area contributed by atoms with Crippen molar-refractivity contribution in [1.29, 1.82) is 0 Å². The Morgan fingerprint density at radius 1 is 1.29 bits per heavy atom. The van der Waals surface area contributed by atoms with Crippen LogP contribution in [0.5, 0.6) is 0 Å². The maximum atomic E-state index is 12.0. The predicted molar refractivity (Wildman–Crippen MR) is 76.3 cm³/mol. The Morgan fingerprint density at radius 3 is 2.57 bits per heavy atom. The molecule has 1 unspecified atom stereocenters. The third kappa shape index (κ3) is 3.00. The SMILES string of the molecule is CCOC(=O)C(O)(C[N+](=O)[O-])c1ccc2ccccc2c1. The second-order valence-electron chi connectivity index (χ2n) is 4.63. The number of hydrogen-bond donors (Lipinski definition) is 1. The van der Waals surface area contributed by atoms with Crippen LogP contribution in [0.25, 0.3) is 10.8 Å². The van der Waals surface area contributed by atoms with Gasteiger partial charge >= 0.3 is 5.97 Å². The number of rotatable bonds is 5. The zero-order chi connectivity index (χ0) is 15.5. The molecule has 1 atom stereocenters. The van der Waals surface area contributed by atoms with Crippen LogP contribution in [0, 0.1) is 10.1 Å². The van der Waals surface area contributed by atoms with Crippen LogP contribution < -0.4 is 0 Å². The maximum absolute atomic E-state index is 12.0. The fraction of sp³-hybridized carbons (Fsp3) is 0.267. The van der Waals surface area contributed by atoms with E-state index in [0.29, 0.717) is 0 Å². The zero-order valence-electron chi connectivity index (χ0n) is 11.5. The first-order valence-electron chi connectivity index (χ1n) is 6.48. The summed E-state index contributed by atoms with van der Waals surface area (Å²) in [5.74, 6) is -1.02. The van der Waals surface area contributed by atoms with E-state index < -0.39 is 23.0 Å². The highest BCUT2D eigenvalue weighted by Gasteiger charge is 2.45. The molecule has 1 N–H and O–H groups in total. The van der Waals surface area contributed by atoms with E-state index in [1.54, 1.807) is 25.1 Å². The molecule has 0 aliphatic rings. The largest absolute Gasteiger partial charge is 0.463 e. The molecule has 2 aromatic rings. The Kier molecular flexibility index (Phi) is 4.18. The van der Waals surface area contributed by atoms with Gasteiger partial charge in [0.1, 0.15) is 0 Å². The smallest absolute Gasteiger partial charge is 0.349 e. The van der Waals surface area contributed by atoms with Crippen molar-refractivity contribution in [2.45, 2.75) is 12.5 Å². The molecule has 2 aromatic carbocycles. The van der Waals surface area contributed by atoms with E-state index in [0.717, 1.165) is 10.8 Å². The molecule has 0 saturated carbocycles. The van der Waals surface area contributed by atoms with Crippen LogP contribution in [0.4, 0.5) is 0 Å². The molecule has 0 aliphatic heterocycles. The normalized spacial score (nSPS) is 13.6. The molecule has 0 radical (unpaired) electrons. The van der Waals surface area contributed by atoms with E-state index in [4.69, 9.17) is 4.74 Å². The van der Waals surface area contributed by atoms with Crippen molar-refractivity contribution in [1.82, 2.24) is 0 Å². The van der Waals surface area contributed by atoms with E-state index in [2.05, 4.69) is 0 Å². The molecule has 0 bridgehead atoms. The second kappa shape index (κ2) is 5.88. The number of aliphatic hydroxyl groups is 1. The minimum atomic E-state index is -2.29. The fourth-order valence-corrected chi connectivity index (χ4v) is 2.16. The minimum absolute atomic E-state index is 0.0342. The number of carbonyl (C=O) groups excluding carboxylic acids is 1. The van der Waals surface area contributed by atoms with Gasteiger partial charge in [-0.1, -0.05) is 36.4 Å². The molecule has 6 nitrogen and oxygen atoms in total. The Bertz CT molecular complexity index is 685. The lowest BCUT2D eigenvalue weighted by Gasteiger charge is -2.22. The van der Waals surface area contributed by atoms with Gasteiger partial charge in [-0.25, -0.2) is 4.79 Å². The van der Waals surface area contributed by atoms with Crippen molar-refractivity contribution in [2.24, 2.45) is 0 Å². The van der Waals surface area contributed by atoms with Crippen LogP contribution in [0.1, 0.15) is 12.5 Å². The van der Waals surface area contributed by atoms with E-state index in [-0.39, 0.29) is 12.2 Å². The summed E-state index contributed by atoms with van der Waals surface area (Å²) in [6.07, 6.45) is 0. The van der Waals surface area contributed by atoms with Gasteiger partial charge in [-0.05, 0) is 23.8 Å². The molecule has 21 heavy (non-hydrogen) atoms. The monoisotopic (exact) mass is 289 g/mol. The highest BCUT2D eigenvalue weighted by Crippen LogP contribution is 2.27. The average Bonchev–Trinajstić information content (AvgIpc) is 2.46. The second-order valence-corrected chi connectivity index (χ2v) is 4.63. The number of carbonyl (C=O) groups is 1. The van der Waals surface area contributed by atoms with Crippen LogP contribution in [0.15, 0.2) is 42.5 Å². The van der Waals surface area contributed by atoms with Crippen LogP contribution >= 0.6 is 0 Å². The number of ether oxygens (including phenoxy) is 1. The molecule has 0 aromatic heterocycles. The quantitative estimate of drug-likeness (QED) is 0.515. The summed E-state index contributed by atoms with van der Waals surface area (Å²) in [7, 11) is 0. The minimum Gasteiger partial charge on any atom is -0.463 e. The van der Waals surface area contributed by atoms with E-state index in [1.807, 2.05) is 18.2 Å². The van der Waals surface area contributed by atoms with E-state index in [9.17, 15) is 20.0 Å². The molecule has 0 fully saturated rings. The topological polar surface area (TPSA) is 89.7 Å². The van der Waals surface area contributed by atoms with Gasteiger partial charge in [-0.2, -0.15) is 0 Å². The van der Waals surface area contributed by atoms with Gasteiger partial charge in [0.15, 0.2) is 0 Å². The van der Waals surface area contributed by atoms with Crippen LogP contribution in [-0.4, -0.2) is 29.2 Å². The summed E-state index contributed by atoms with van der Waals surface area (Å²) in [5, 5.41) is 23.0. The standard InChI is InChI=1S/C15H15NO5/c1-2-21-14(17)15(18,10-16(19)20)13-8-7-11-5-3-4-6-12(11)9-13/h3-9,18H,2,10H2,1H3. The number of nitrogens with zero attached hydrogens (tertiary/aromatic N) is 1. The molecule has 2 rings (SSSR count). The van der Waals surface area contributed by atoms with E-state index in [1.165, 1.54) is 6.07 Å². The Balaban J connectivity index is 2.52. The van der Waals surface area contributed by atoms with Gasteiger partial charge < -0.3 is 9.84 Å². The molecule has 0 heterocycles. The van der Waals surface area contributed by atoms with Crippen molar-refractivity contribution < 1.29 is 19.6 Å². The molecule has 0 aliphatic carbocycles. The molecule has 0 amide bonds. The molecular formula is C15H15NO5. The lowest BCUT2D eigenvalue weighted by molar-refractivity contribution is -0.499. The summed E-state index contributed by atoms with van der Waals surface area (Å²) in [5.41, 5.74) is -2.14. The first kappa shape index (κ1) is 14.9. The Hall–Kier alpha value is -2.47. The maximum Gasteiger partial charge on any atom is 0.349 e. The molecule has 0 saturated heterocycles. The van der Waals surface area contributed by atoms with Crippen molar-refractivity contribution in [2.75, 3.05) is 13.2 Å². The third-order valence-electron chi connectivity index (χ3n) is 3.20. The fourth-order valence-electron chi connectivity index (χ4n) is 2.16. The highest BCUT2D eigenvalue weighted by molar-refractivity contribution is 5.87. The highest BCUT2D eigenvalue weighted by atomic mass is 16.6. The number of benzene rings is 2. The molecule has 0 spiro atoms. The number of hydrogen-bond acceptors (Lipinski definition) is 5. The first-order chi connectivity index (χ1) is 9.97. The number of esters is 1. The first-order valence-corrected chi connectivity index (χ1v) is 6.48. The third-order valence-corrected chi connectivity index (χ3v) is 3.20. The number of nitro groups is 1. The summed E-state index contributed by atoms with van der Waals surface area (Å²) in [6, 6.07) is 12.1. The van der Waals surface area contributed by atoms with Gasteiger partial charge in [-0.3, -0.25) is 10.1 Å². The summed E-state index contributed by atoms with van der Waals surface area (Å²) in [4.78, 5) is 22.0. The number of fused-ring (bicyclic) bond motifs is 1.